The first-order valence-electron chi connectivity index (χ1n) is 16.6. The van der Waals surface area contributed by atoms with E-state index >= 15 is 0 Å². The number of ether oxygens (including phenoxy) is 1. The average molecular weight is 687 g/mol. The lowest BCUT2D eigenvalue weighted by molar-refractivity contribution is -0.137. The maximum atomic E-state index is 14.1. The van der Waals surface area contributed by atoms with Gasteiger partial charge in [-0.2, -0.15) is 28.4 Å². The Bertz CT molecular complexity index is 1570. The number of nitriles is 1. The molecular formula is C34H42ClF3N8O2. The summed E-state index contributed by atoms with van der Waals surface area (Å²) in [6, 6.07) is 6.30. The van der Waals surface area contributed by atoms with E-state index in [1.54, 1.807) is 22.8 Å². The Kier molecular flexibility index (Phi) is 10.1. The summed E-state index contributed by atoms with van der Waals surface area (Å²) in [6.45, 7) is 9.00. The fraction of sp³-hybridized carbons (Fsp3) is 0.588. The maximum absolute atomic E-state index is 14.1. The molecule has 1 aliphatic carbocycles. The van der Waals surface area contributed by atoms with Crippen LogP contribution in [0.1, 0.15) is 43.0 Å². The monoisotopic (exact) mass is 686 g/mol. The molecule has 1 amide bonds. The second-order valence-electron chi connectivity index (χ2n) is 13.4. The average Bonchev–Trinajstić information content (AvgIpc) is 3.83. The molecule has 3 aliphatic heterocycles. The van der Waals surface area contributed by atoms with Crippen molar-refractivity contribution < 1.29 is 22.7 Å². The Hall–Kier alpha value is -3.60. The Morgan fingerprint density at radius 3 is 2.58 bits per heavy atom. The summed E-state index contributed by atoms with van der Waals surface area (Å²) in [5, 5.41) is 9.24. The molecule has 1 aromatic carbocycles. The van der Waals surface area contributed by atoms with Crippen LogP contribution in [0, 0.1) is 16.7 Å². The molecular weight excluding hydrogens is 645 g/mol. The van der Waals surface area contributed by atoms with Crippen LogP contribution in [0.3, 0.4) is 0 Å². The van der Waals surface area contributed by atoms with Crippen molar-refractivity contribution in [2.75, 3.05) is 82.4 Å². The van der Waals surface area contributed by atoms with Gasteiger partial charge in [-0.05, 0) is 51.4 Å². The number of aromatic nitrogens is 2. The van der Waals surface area contributed by atoms with Gasteiger partial charge in [0, 0.05) is 69.9 Å². The van der Waals surface area contributed by atoms with Gasteiger partial charge in [-0.3, -0.25) is 4.79 Å². The lowest BCUT2D eigenvalue weighted by Gasteiger charge is -2.42. The fourth-order valence-electron chi connectivity index (χ4n) is 7.06. The molecule has 0 bridgehead atoms. The Morgan fingerprint density at radius 2 is 1.90 bits per heavy atom. The van der Waals surface area contributed by atoms with Crippen LogP contribution in [0.2, 0.25) is 5.02 Å². The third-order valence-electron chi connectivity index (χ3n) is 9.96. The standard InChI is InChI=1S/C34H42ClF3N8O2/c1-3-5-29(47)46-19-18-45(20-24(46)8-12-39)31-25-9-13-44(28-7-4-6-26(35)30(28)34(36,37)38)21-27(25)40-32(41-31)48-23-33(10-11-33)22-43-16-14-42(2)15-17-43/h3-7,24H,8-11,13-23H2,1-2H3/b5-3+. The van der Waals surface area contributed by atoms with Crippen LogP contribution < -0.4 is 14.5 Å². The van der Waals surface area contributed by atoms with Crippen LogP contribution in [0.4, 0.5) is 24.7 Å². The third kappa shape index (κ3) is 7.51. The summed E-state index contributed by atoms with van der Waals surface area (Å²) in [4.78, 5) is 32.8. The second kappa shape index (κ2) is 14.1. The summed E-state index contributed by atoms with van der Waals surface area (Å²) < 4.78 is 48.8. The van der Waals surface area contributed by atoms with Crippen molar-refractivity contribution in [2.45, 2.75) is 51.4 Å². The summed E-state index contributed by atoms with van der Waals surface area (Å²) in [5.41, 5.74) is 0.624. The number of amides is 1. The molecule has 48 heavy (non-hydrogen) atoms. The molecule has 1 saturated carbocycles. The molecule has 14 heteroatoms. The molecule has 3 fully saturated rings. The zero-order valence-electron chi connectivity index (χ0n) is 27.5. The normalized spacial score (nSPS) is 21.7. The van der Waals surface area contributed by atoms with Gasteiger partial charge in [0.2, 0.25) is 5.91 Å². The SMILES string of the molecule is C/C=C/C(=O)N1CCN(c2nc(OCC3(CN4CCN(C)CC4)CC3)nc3c2CCN(c2cccc(Cl)c2C(F)(F)F)C3)CC1CC#N. The molecule has 6 rings (SSSR count). The number of halogens is 4. The van der Waals surface area contributed by atoms with Crippen molar-refractivity contribution in [3.05, 3.63) is 52.2 Å². The number of carbonyl (C=O) groups excluding carboxylic acids is 1. The number of piperazine rings is 2. The highest BCUT2D eigenvalue weighted by molar-refractivity contribution is 6.31. The number of benzene rings is 1. The molecule has 1 aromatic heterocycles. The molecule has 2 saturated heterocycles. The zero-order chi connectivity index (χ0) is 34.1. The van der Waals surface area contributed by atoms with E-state index in [4.69, 9.17) is 26.3 Å². The van der Waals surface area contributed by atoms with Crippen LogP contribution in [0.5, 0.6) is 6.01 Å². The van der Waals surface area contributed by atoms with Crippen molar-refractivity contribution >= 4 is 29.0 Å². The Labute approximate surface area is 284 Å². The van der Waals surface area contributed by atoms with Gasteiger partial charge in [-0.1, -0.05) is 23.7 Å². The van der Waals surface area contributed by atoms with Crippen molar-refractivity contribution in [1.82, 2.24) is 24.7 Å². The van der Waals surface area contributed by atoms with E-state index in [0.717, 1.165) is 51.1 Å². The molecule has 0 spiro atoms. The summed E-state index contributed by atoms with van der Waals surface area (Å²) >= 11 is 6.09. The van der Waals surface area contributed by atoms with Crippen molar-refractivity contribution in [3.63, 3.8) is 0 Å². The van der Waals surface area contributed by atoms with Gasteiger partial charge in [0.05, 0.1) is 53.7 Å². The Balaban J connectivity index is 1.29. The number of fused-ring (bicyclic) bond motifs is 1. The van der Waals surface area contributed by atoms with Gasteiger partial charge in [-0.15, -0.1) is 0 Å². The summed E-state index contributed by atoms with van der Waals surface area (Å²) in [7, 11) is 2.14. The van der Waals surface area contributed by atoms with Gasteiger partial charge in [0.1, 0.15) is 5.82 Å². The van der Waals surface area contributed by atoms with Crippen LogP contribution in [-0.4, -0.2) is 109 Å². The molecule has 1 unspecified atom stereocenters. The molecule has 0 N–H and O–H groups in total. The number of alkyl halides is 3. The quantitative estimate of drug-likeness (QED) is 0.351. The molecule has 1 atom stereocenters. The minimum absolute atomic E-state index is 0.0116. The fourth-order valence-corrected chi connectivity index (χ4v) is 7.33. The largest absolute Gasteiger partial charge is 0.463 e. The Morgan fingerprint density at radius 1 is 1.12 bits per heavy atom. The van der Waals surface area contributed by atoms with E-state index < -0.39 is 11.7 Å². The highest BCUT2D eigenvalue weighted by atomic mass is 35.5. The van der Waals surface area contributed by atoms with E-state index in [1.165, 1.54) is 24.3 Å². The van der Waals surface area contributed by atoms with Crippen molar-refractivity contribution in [2.24, 2.45) is 5.41 Å². The molecule has 258 valence electrons. The number of nitrogens with zero attached hydrogens (tertiary/aromatic N) is 8. The number of hydrogen-bond acceptors (Lipinski definition) is 9. The van der Waals surface area contributed by atoms with Gasteiger partial charge in [0.15, 0.2) is 0 Å². The predicted molar refractivity (Wildman–Crippen MR) is 177 cm³/mol. The zero-order valence-corrected chi connectivity index (χ0v) is 28.2. The number of likely N-dealkylation sites (N-methyl/N-ethyl adjacent to an activating group) is 1. The first-order valence-corrected chi connectivity index (χ1v) is 17.0. The summed E-state index contributed by atoms with van der Waals surface area (Å²) in [5.74, 6) is 0.514. The molecule has 4 heterocycles. The minimum Gasteiger partial charge on any atom is -0.463 e. The predicted octanol–water partition coefficient (Wildman–Crippen LogP) is 4.62. The maximum Gasteiger partial charge on any atom is 0.419 e. The van der Waals surface area contributed by atoms with Gasteiger partial charge < -0.3 is 29.2 Å². The summed E-state index contributed by atoms with van der Waals surface area (Å²) in [6.07, 6.45) is 1.25. The highest BCUT2D eigenvalue weighted by Gasteiger charge is 2.45. The van der Waals surface area contributed by atoms with Crippen LogP contribution in [-0.2, 0) is 23.9 Å². The third-order valence-corrected chi connectivity index (χ3v) is 10.3. The minimum atomic E-state index is -4.62. The molecule has 0 radical (unpaired) electrons. The number of hydrogen-bond donors (Lipinski definition) is 0. The van der Waals surface area contributed by atoms with E-state index in [-0.39, 0.29) is 47.1 Å². The highest BCUT2D eigenvalue weighted by Crippen LogP contribution is 2.47. The number of rotatable bonds is 9. The van der Waals surface area contributed by atoms with Crippen LogP contribution >= 0.6 is 11.6 Å². The van der Waals surface area contributed by atoms with Crippen LogP contribution in [0.25, 0.3) is 0 Å². The number of allylic oxidation sites excluding steroid dienone is 1. The smallest absolute Gasteiger partial charge is 0.419 e. The second-order valence-corrected chi connectivity index (χ2v) is 13.8. The van der Waals surface area contributed by atoms with Gasteiger partial charge in [-0.25, -0.2) is 0 Å². The van der Waals surface area contributed by atoms with Crippen LogP contribution in [0.15, 0.2) is 30.4 Å². The van der Waals surface area contributed by atoms with E-state index in [2.05, 4.69) is 27.8 Å². The van der Waals surface area contributed by atoms with Gasteiger partial charge in [0.25, 0.3) is 0 Å². The van der Waals surface area contributed by atoms with Gasteiger partial charge >= 0.3 is 12.2 Å². The first-order chi connectivity index (χ1) is 23.0. The van der Waals surface area contributed by atoms with Crippen molar-refractivity contribution in [1.29, 1.82) is 5.26 Å². The number of anilines is 2. The lowest BCUT2D eigenvalue weighted by Crippen LogP contribution is -2.55. The van der Waals surface area contributed by atoms with E-state index in [0.29, 0.717) is 50.7 Å². The van der Waals surface area contributed by atoms with E-state index in [1.807, 2.05) is 0 Å². The lowest BCUT2D eigenvalue weighted by atomic mass is 10.0. The first kappa shape index (κ1) is 34.3. The molecule has 4 aliphatic rings. The number of carbonyl (C=O) groups is 1. The topological polar surface area (TPSA) is 92.1 Å². The molecule has 10 nitrogen and oxygen atoms in total. The van der Waals surface area contributed by atoms with E-state index in [9.17, 15) is 23.2 Å². The van der Waals surface area contributed by atoms with Crippen molar-refractivity contribution in [3.8, 4) is 12.1 Å². The molecule has 2 aromatic rings.